The number of aromatic nitrogens is 6. The average Bonchev–Trinajstić information content (AvgIpc) is 3.64. The molecule has 0 bridgehead atoms. The summed E-state index contributed by atoms with van der Waals surface area (Å²) in [4.78, 5) is 24.6. The first-order valence-corrected chi connectivity index (χ1v) is 13.1. The largest absolute Gasteiger partial charge is 0.443 e. The van der Waals surface area contributed by atoms with E-state index in [1.807, 2.05) is 47.4 Å². The number of benzene rings is 2. The van der Waals surface area contributed by atoms with E-state index in [4.69, 9.17) is 9.47 Å². The fourth-order valence-electron chi connectivity index (χ4n) is 5.09. The van der Waals surface area contributed by atoms with Gasteiger partial charge in [-0.25, -0.2) is 18.7 Å². The van der Waals surface area contributed by atoms with Gasteiger partial charge < -0.3 is 9.47 Å². The van der Waals surface area contributed by atoms with Crippen LogP contribution in [0.2, 0.25) is 0 Å². The molecule has 6 rings (SSSR count). The molecule has 0 radical (unpaired) electrons. The predicted octanol–water partition coefficient (Wildman–Crippen LogP) is 5.59. The Morgan fingerprint density at radius 3 is 2.79 bits per heavy atom. The monoisotopic (exact) mass is 526 g/mol. The third-order valence-corrected chi connectivity index (χ3v) is 6.82. The minimum Gasteiger partial charge on any atom is -0.443 e. The van der Waals surface area contributed by atoms with E-state index in [0.717, 1.165) is 59.0 Å². The molecule has 4 heterocycles. The lowest BCUT2D eigenvalue weighted by Crippen LogP contribution is -2.28. The maximum atomic E-state index is 12.9. The third-order valence-electron chi connectivity index (χ3n) is 6.82. The molecular formula is C29H30N6O4. The fraction of sp³-hybridized carbons (Fsp3) is 0.345. The van der Waals surface area contributed by atoms with E-state index in [0.29, 0.717) is 18.3 Å². The summed E-state index contributed by atoms with van der Waals surface area (Å²) >= 11 is 0. The second kappa shape index (κ2) is 9.77. The SMILES string of the molecule is CC(C)(C)OC(=O)n1c(C=O)cc2ccc(Cn3cc(-c4cccc5c4cnn5C4CCCCO4)nn3)cc21. The van der Waals surface area contributed by atoms with E-state index in [-0.39, 0.29) is 11.9 Å². The second-order valence-electron chi connectivity index (χ2n) is 10.8. The van der Waals surface area contributed by atoms with Gasteiger partial charge in [0.1, 0.15) is 11.3 Å². The van der Waals surface area contributed by atoms with Crippen molar-refractivity contribution >= 4 is 34.2 Å². The number of ether oxygens (including phenoxy) is 2. The highest BCUT2D eigenvalue weighted by Crippen LogP contribution is 2.31. The van der Waals surface area contributed by atoms with Gasteiger partial charge in [0.2, 0.25) is 0 Å². The van der Waals surface area contributed by atoms with Gasteiger partial charge in [0.15, 0.2) is 12.5 Å². The zero-order valence-electron chi connectivity index (χ0n) is 22.2. The van der Waals surface area contributed by atoms with Gasteiger partial charge in [0.25, 0.3) is 0 Å². The Labute approximate surface area is 225 Å². The molecule has 10 heteroatoms. The molecule has 1 aliphatic rings. The summed E-state index contributed by atoms with van der Waals surface area (Å²) in [6.07, 6.45) is 6.96. The standard InChI is InChI=1S/C29H30N6O4/c1-29(2,3)39-28(37)34-21(18-36)14-20-11-10-19(13-26(20)34)16-33-17-24(31-32-33)22-7-6-8-25-23(22)15-30-35(25)27-9-4-5-12-38-27/h6-8,10-11,13-15,17-18,27H,4-5,9,12,16H2,1-3H3. The van der Waals surface area contributed by atoms with Crippen LogP contribution in [-0.2, 0) is 16.0 Å². The molecule has 0 aliphatic carbocycles. The highest BCUT2D eigenvalue weighted by Gasteiger charge is 2.23. The number of rotatable bonds is 5. The highest BCUT2D eigenvalue weighted by atomic mass is 16.6. The van der Waals surface area contributed by atoms with Crippen LogP contribution >= 0.6 is 0 Å². The summed E-state index contributed by atoms with van der Waals surface area (Å²) in [5.41, 5.74) is 3.76. The van der Waals surface area contributed by atoms with E-state index in [1.165, 1.54) is 4.57 Å². The molecule has 0 amide bonds. The molecule has 0 N–H and O–H groups in total. The Hall–Kier alpha value is -4.31. The van der Waals surface area contributed by atoms with Crippen molar-refractivity contribution in [2.75, 3.05) is 6.61 Å². The Bertz CT molecular complexity index is 1680. The van der Waals surface area contributed by atoms with Gasteiger partial charge >= 0.3 is 6.09 Å². The van der Waals surface area contributed by atoms with Gasteiger partial charge in [-0.3, -0.25) is 4.79 Å². The lowest BCUT2D eigenvalue weighted by Gasteiger charge is -2.23. The van der Waals surface area contributed by atoms with Crippen molar-refractivity contribution in [1.29, 1.82) is 0 Å². The first-order valence-electron chi connectivity index (χ1n) is 13.1. The average molecular weight is 527 g/mol. The molecule has 3 aromatic heterocycles. The van der Waals surface area contributed by atoms with Crippen LogP contribution in [0.1, 0.15) is 62.3 Å². The molecule has 0 saturated carbocycles. The summed E-state index contributed by atoms with van der Waals surface area (Å²) in [6.45, 7) is 6.56. The lowest BCUT2D eigenvalue weighted by molar-refractivity contribution is -0.0366. The summed E-state index contributed by atoms with van der Waals surface area (Å²) in [6, 6.07) is 13.5. The van der Waals surface area contributed by atoms with Gasteiger partial charge in [-0.05, 0) is 63.8 Å². The molecule has 1 unspecified atom stereocenters. The van der Waals surface area contributed by atoms with Gasteiger partial charge in [-0.1, -0.05) is 29.5 Å². The molecular weight excluding hydrogens is 496 g/mol. The number of carbonyl (C=O) groups excluding carboxylic acids is 2. The first-order chi connectivity index (χ1) is 18.8. The molecule has 5 aromatic rings. The van der Waals surface area contributed by atoms with Crippen LogP contribution in [0.25, 0.3) is 33.1 Å². The van der Waals surface area contributed by atoms with Crippen LogP contribution < -0.4 is 0 Å². The summed E-state index contributed by atoms with van der Waals surface area (Å²) in [7, 11) is 0. The van der Waals surface area contributed by atoms with E-state index in [9.17, 15) is 9.59 Å². The normalized spacial score (nSPS) is 16.1. The van der Waals surface area contributed by atoms with Gasteiger partial charge in [0, 0.05) is 22.9 Å². The van der Waals surface area contributed by atoms with Crippen molar-refractivity contribution in [2.24, 2.45) is 0 Å². The number of fused-ring (bicyclic) bond motifs is 2. The molecule has 1 saturated heterocycles. The van der Waals surface area contributed by atoms with Crippen LogP contribution in [0, 0.1) is 0 Å². The maximum Gasteiger partial charge on any atom is 0.419 e. The maximum absolute atomic E-state index is 12.9. The number of hydrogen-bond acceptors (Lipinski definition) is 7. The summed E-state index contributed by atoms with van der Waals surface area (Å²) < 4.78 is 16.5. The minimum absolute atomic E-state index is 0.0449. The van der Waals surface area contributed by atoms with Crippen LogP contribution in [0.15, 0.2) is 54.9 Å². The zero-order chi connectivity index (χ0) is 27.1. The number of nitrogens with zero attached hydrogens (tertiary/aromatic N) is 6. The Balaban J connectivity index is 1.29. The van der Waals surface area contributed by atoms with Crippen LogP contribution in [0.3, 0.4) is 0 Å². The molecule has 39 heavy (non-hydrogen) atoms. The second-order valence-corrected chi connectivity index (χ2v) is 10.8. The molecule has 1 aliphatic heterocycles. The topological polar surface area (TPSA) is 106 Å². The summed E-state index contributed by atoms with van der Waals surface area (Å²) in [5, 5.41) is 15.2. The van der Waals surface area contributed by atoms with E-state index >= 15 is 0 Å². The molecule has 1 fully saturated rings. The minimum atomic E-state index is -0.689. The van der Waals surface area contributed by atoms with Gasteiger partial charge in [-0.2, -0.15) is 5.10 Å². The lowest BCUT2D eigenvalue weighted by atomic mass is 10.1. The molecule has 1 atom stereocenters. The van der Waals surface area contributed by atoms with E-state index < -0.39 is 11.7 Å². The molecule has 2 aromatic carbocycles. The van der Waals surface area contributed by atoms with Gasteiger partial charge in [0.05, 0.1) is 35.7 Å². The van der Waals surface area contributed by atoms with Crippen molar-refractivity contribution in [2.45, 2.75) is 58.4 Å². The van der Waals surface area contributed by atoms with Crippen molar-refractivity contribution in [3.8, 4) is 11.3 Å². The smallest absolute Gasteiger partial charge is 0.419 e. The Kier molecular flexibility index (Phi) is 6.26. The fourth-order valence-corrected chi connectivity index (χ4v) is 5.09. The molecule has 0 spiro atoms. The molecule has 10 nitrogen and oxygen atoms in total. The van der Waals surface area contributed by atoms with E-state index in [2.05, 4.69) is 21.5 Å². The predicted molar refractivity (Wildman–Crippen MR) is 146 cm³/mol. The van der Waals surface area contributed by atoms with Crippen LogP contribution in [-0.4, -0.2) is 53.9 Å². The van der Waals surface area contributed by atoms with Gasteiger partial charge in [-0.15, -0.1) is 5.10 Å². The number of carbonyl (C=O) groups is 2. The quantitative estimate of drug-likeness (QED) is 0.275. The first kappa shape index (κ1) is 25.0. The summed E-state index contributed by atoms with van der Waals surface area (Å²) in [5.74, 6) is 0. The Morgan fingerprint density at radius 1 is 1.15 bits per heavy atom. The van der Waals surface area contributed by atoms with E-state index in [1.54, 1.807) is 31.5 Å². The van der Waals surface area contributed by atoms with Crippen molar-refractivity contribution in [3.63, 3.8) is 0 Å². The van der Waals surface area contributed by atoms with Crippen molar-refractivity contribution in [3.05, 3.63) is 66.1 Å². The third kappa shape index (κ3) is 4.83. The molecule has 200 valence electrons. The van der Waals surface area contributed by atoms with Crippen molar-refractivity contribution in [1.82, 2.24) is 29.3 Å². The number of hydrogen-bond donors (Lipinski definition) is 0. The van der Waals surface area contributed by atoms with Crippen molar-refractivity contribution < 1.29 is 19.1 Å². The van der Waals surface area contributed by atoms with Crippen LogP contribution in [0.5, 0.6) is 0 Å². The number of aldehydes is 1. The highest BCUT2D eigenvalue weighted by molar-refractivity contribution is 5.97. The Morgan fingerprint density at radius 2 is 2.03 bits per heavy atom. The zero-order valence-corrected chi connectivity index (χ0v) is 22.2. The van der Waals surface area contributed by atoms with Crippen LogP contribution in [0.4, 0.5) is 4.79 Å².